The summed E-state index contributed by atoms with van der Waals surface area (Å²) in [5, 5.41) is 3.96. The second kappa shape index (κ2) is 8.43. The van der Waals surface area contributed by atoms with Gasteiger partial charge in [-0.2, -0.15) is 0 Å². The minimum absolute atomic E-state index is 0.272. The molecule has 1 heterocycles. The highest BCUT2D eigenvalue weighted by Crippen LogP contribution is 2.27. The second-order valence-electron chi connectivity index (χ2n) is 6.23. The standard InChI is InChI=1S/C20H21F3N4O/c1-3-27(4-2)12-14-5-10-17-18(11-14)24-13-25-19(17)26-15-6-8-16(9-7-15)28-20(21,22)23/h5-11,13H,3-4,12H2,1-2H3,(H,24,25,26). The van der Waals surface area contributed by atoms with Crippen molar-refractivity contribution in [3.05, 3.63) is 54.4 Å². The van der Waals surface area contributed by atoms with Crippen molar-refractivity contribution in [3.63, 3.8) is 0 Å². The summed E-state index contributed by atoms with van der Waals surface area (Å²) in [4.78, 5) is 10.9. The third-order valence-corrected chi connectivity index (χ3v) is 4.35. The van der Waals surface area contributed by atoms with Crippen molar-refractivity contribution in [1.82, 2.24) is 14.9 Å². The van der Waals surface area contributed by atoms with E-state index < -0.39 is 6.36 Å². The van der Waals surface area contributed by atoms with Crippen molar-refractivity contribution < 1.29 is 17.9 Å². The number of anilines is 2. The number of ether oxygens (including phenoxy) is 1. The third kappa shape index (κ3) is 5.10. The van der Waals surface area contributed by atoms with Gasteiger partial charge in [0.05, 0.1) is 5.52 Å². The van der Waals surface area contributed by atoms with Crippen molar-refractivity contribution >= 4 is 22.4 Å². The van der Waals surface area contributed by atoms with Gasteiger partial charge in [0.2, 0.25) is 0 Å². The number of aromatic nitrogens is 2. The number of alkyl halides is 3. The summed E-state index contributed by atoms with van der Waals surface area (Å²) in [6.07, 6.45) is -3.24. The van der Waals surface area contributed by atoms with E-state index in [1.807, 2.05) is 18.2 Å². The first-order valence-corrected chi connectivity index (χ1v) is 8.96. The molecular formula is C20H21F3N4O. The van der Waals surface area contributed by atoms with Gasteiger partial charge < -0.3 is 10.1 Å². The van der Waals surface area contributed by atoms with Gasteiger partial charge in [-0.1, -0.05) is 19.9 Å². The summed E-state index contributed by atoms with van der Waals surface area (Å²) in [7, 11) is 0. The van der Waals surface area contributed by atoms with E-state index in [1.165, 1.54) is 30.6 Å². The summed E-state index contributed by atoms with van der Waals surface area (Å²) in [6, 6.07) is 11.5. The van der Waals surface area contributed by atoms with Crippen molar-refractivity contribution in [3.8, 4) is 5.75 Å². The Kier molecular flexibility index (Phi) is 5.99. The molecule has 0 aliphatic carbocycles. The minimum Gasteiger partial charge on any atom is -0.406 e. The number of nitrogens with one attached hydrogen (secondary N) is 1. The van der Waals surface area contributed by atoms with E-state index in [2.05, 4.69) is 38.8 Å². The molecule has 0 atom stereocenters. The van der Waals surface area contributed by atoms with E-state index in [0.29, 0.717) is 11.5 Å². The van der Waals surface area contributed by atoms with E-state index in [4.69, 9.17) is 0 Å². The van der Waals surface area contributed by atoms with Crippen LogP contribution in [0.1, 0.15) is 19.4 Å². The first-order valence-electron chi connectivity index (χ1n) is 8.96. The number of benzene rings is 2. The monoisotopic (exact) mass is 390 g/mol. The highest BCUT2D eigenvalue weighted by Gasteiger charge is 2.30. The highest BCUT2D eigenvalue weighted by molar-refractivity contribution is 5.90. The zero-order valence-electron chi connectivity index (χ0n) is 15.6. The molecule has 0 amide bonds. The normalized spacial score (nSPS) is 11.8. The SMILES string of the molecule is CCN(CC)Cc1ccc2c(Nc3ccc(OC(F)(F)F)cc3)ncnc2c1. The summed E-state index contributed by atoms with van der Waals surface area (Å²) < 4.78 is 40.7. The molecule has 0 aliphatic heterocycles. The lowest BCUT2D eigenvalue weighted by molar-refractivity contribution is -0.274. The maximum absolute atomic E-state index is 12.3. The molecule has 0 saturated heterocycles. The molecule has 5 nitrogen and oxygen atoms in total. The molecule has 1 N–H and O–H groups in total. The number of nitrogens with zero attached hydrogens (tertiary/aromatic N) is 3. The van der Waals surface area contributed by atoms with E-state index >= 15 is 0 Å². The molecule has 28 heavy (non-hydrogen) atoms. The minimum atomic E-state index is -4.71. The fraction of sp³-hybridized carbons (Fsp3) is 0.300. The number of hydrogen-bond acceptors (Lipinski definition) is 5. The third-order valence-electron chi connectivity index (χ3n) is 4.35. The molecule has 2 aromatic carbocycles. The van der Waals surface area contributed by atoms with Crippen molar-refractivity contribution in [2.24, 2.45) is 0 Å². The summed E-state index contributed by atoms with van der Waals surface area (Å²) in [5.74, 6) is 0.315. The lowest BCUT2D eigenvalue weighted by atomic mass is 10.1. The lowest BCUT2D eigenvalue weighted by Gasteiger charge is -2.18. The maximum atomic E-state index is 12.3. The molecule has 1 aromatic heterocycles. The van der Waals surface area contributed by atoms with Crippen molar-refractivity contribution in [2.45, 2.75) is 26.8 Å². The van der Waals surface area contributed by atoms with Crippen LogP contribution in [0.15, 0.2) is 48.8 Å². The second-order valence-corrected chi connectivity index (χ2v) is 6.23. The van der Waals surface area contributed by atoms with E-state index in [1.54, 1.807) is 0 Å². The van der Waals surface area contributed by atoms with Gasteiger partial charge in [-0.05, 0) is 55.1 Å². The van der Waals surface area contributed by atoms with Gasteiger partial charge in [0.15, 0.2) is 0 Å². The van der Waals surface area contributed by atoms with Gasteiger partial charge in [-0.15, -0.1) is 13.2 Å². The van der Waals surface area contributed by atoms with Crippen LogP contribution >= 0.6 is 0 Å². The highest BCUT2D eigenvalue weighted by atomic mass is 19.4. The predicted octanol–water partition coefficient (Wildman–Crippen LogP) is 5.11. The number of hydrogen-bond donors (Lipinski definition) is 1. The van der Waals surface area contributed by atoms with Gasteiger partial charge in [0.25, 0.3) is 0 Å². The molecular weight excluding hydrogens is 369 g/mol. The molecule has 0 bridgehead atoms. The topological polar surface area (TPSA) is 50.3 Å². The fourth-order valence-corrected chi connectivity index (χ4v) is 2.88. The van der Waals surface area contributed by atoms with Crippen LogP contribution in [0, 0.1) is 0 Å². The first-order chi connectivity index (χ1) is 13.4. The van der Waals surface area contributed by atoms with Crippen LogP contribution in [0.2, 0.25) is 0 Å². The summed E-state index contributed by atoms with van der Waals surface area (Å²) in [6.45, 7) is 7.04. The molecule has 0 radical (unpaired) electrons. The number of rotatable bonds is 7. The molecule has 0 unspecified atom stereocenters. The van der Waals surface area contributed by atoms with E-state index in [9.17, 15) is 13.2 Å². The molecule has 0 spiro atoms. The lowest BCUT2D eigenvalue weighted by Crippen LogP contribution is -2.22. The van der Waals surface area contributed by atoms with Crippen LogP contribution in [0.3, 0.4) is 0 Å². The molecule has 3 rings (SSSR count). The Morgan fingerprint density at radius 2 is 1.71 bits per heavy atom. The van der Waals surface area contributed by atoms with Crippen molar-refractivity contribution in [2.75, 3.05) is 18.4 Å². The molecule has 0 aliphatic rings. The predicted molar refractivity (Wildman–Crippen MR) is 103 cm³/mol. The van der Waals surface area contributed by atoms with Gasteiger partial charge in [0.1, 0.15) is 17.9 Å². The molecule has 148 valence electrons. The van der Waals surface area contributed by atoms with Crippen LogP contribution < -0.4 is 10.1 Å². The Hall–Kier alpha value is -2.87. The Bertz CT molecular complexity index is 925. The Morgan fingerprint density at radius 3 is 2.36 bits per heavy atom. The molecule has 3 aromatic rings. The van der Waals surface area contributed by atoms with Crippen LogP contribution in [-0.4, -0.2) is 34.3 Å². The fourth-order valence-electron chi connectivity index (χ4n) is 2.88. The van der Waals surface area contributed by atoms with Gasteiger partial charge >= 0.3 is 6.36 Å². The summed E-state index contributed by atoms with van der Waals surface area (Å²) >= 11 is 0. The molecule has 8 heteroatoms. The Labute approximate surface area is 161 Å². The van der Waals surface area contributed by atoms with E-state index in [-0.39, 0.29) is 5.75 Å². The Balaban J connectivity index is 1.79. The van der Waals surface area contributed by atoms with Gasteiger partial charge in [0, 0.05) is 17.6 Å². The largest absolute Gasteiger partial charge is 0.573 e. The Morgan fingerprint density at radius 1 is 1.00 bits per heavy atom. The maximum Gasteiger partial charge on any atom is 0.573 e. The summed E-state index contributed by atoms with van der Waals surface area (Å²) in [5.41, 5.74) is 2.57. The first kappa shape index (κ1) is 19.9. The quantitative estimate of drug-likeness (QED) is 0.607. The van der Waals surface area contributed by atoms with E-state index in [0.717, 1.165) is 36.1 Å². The van der Waals surface area contributed by atoms with Gasteiger partial charge in [-0.3, -0.25) is 4.90 Å². The smallest absolute Gasteiger partial charge is 0.406 e. The number of fused-ring (bicyclic) bond motifs is 1. The van der Waals surface area contributed by atoms with Crippen molar-refractivity contribution in [1.29, 1.82) is 0 Å². The zero-order chi connectivity index (χ0) is 20.1. The van der Waals surface area contributed by atoms with Crippen LogP contribution in [0.5, 0.6) is 5.75 Å². The molecule has 0 saturated carbocycles. The van der Waals surface area contributed by atoms with Crippen LogP contribution in [-0.2, 0) is 6.54 Å². The number of halogens is 3. The van der Waals surface area contributed by atoms with Crippen LogP contribution in [0.4, 0.5) is 24.7 Å². The average Bonchev–Trinajstić information content (AvgIpc) is 2.66. The molecule has 0 fully saturated rings. The van der Waals surface area contributed by atoms with Crippen LogP contribution in [0.25, 0.3) is 10.9 Å². The van der Waals surface area contributed by atoms with Gasteiger partial charge in [-0.25, -0.2) is 9.97 Å². The average molecular weight is 390 g/mol. The zero-order valence-corrected chi connectivity index (χ0v) is 15.6.